The van der Waals surface area contributed by atoms with E-state index in [0.717, 1.165) is 43.9 Å². The zero-order valence-electron chi connectivity index (χ0n) is 11.7. The highest BCUT2D eigenvalue weighted by Gasteiger charge is 2.16. The maximum atomic E-state index is 5.98. The van der Waals surface area contributed by atoms with Crippen LogP contribution < -0.4 is 5.32 Å². The Labute approximate surface area is 119 Å². The van der Waals surface area contributed by atoms with E-state index in [-0.39, 0.29) is 0 Å². The second kappa shape index (κ2) is 7.06. The molecule has 0 unspecified atom stereocenters. The molecule has 0 aromatic carbocycles. The Morgan fingerprint density at radius 2 is 2.05 bits per heavy atom. The first kappa shape index (κ1) is 14.5. The third kappa shape index (κ3) is 4.32. The lowest BCUT2D eigenvalue weighted by Gasteiger charge is -2.18. The van der Waals surface area contributed by atoms with Gasteiger partial charge in [0.15, 0.2) is 0 Å². The molecule has 0 spiro atoms. The number of nitrogens with zero attached hydrogens (tertiary/aromatic N) is 2. The monoisotopic (exact) mass is 283 g/mol. The summed E-state index contributed by atoms with van der Waals surface area (Å²) in [6, 6.07) is 0. The van der Waals surface area contributed by atoms with Crippen molar-refractivity contribution in [2.45, 2.75) is 52.1 Å². The van der Waals surface area contributed by atoms with Crippen LogP contribution in [0.25, 0.3) is 0 Å². The van der Waals surface area contributed by atoms with Crippen molar-refractivity contribution in [2.75, 3.05) is 18.5 Å². The van der Waals surface area contributed by atoms with Crippen molar-refractivity contribution in [3.8, 4) is 0 Å². The van der Waals surface area contributed by atoms with Gasteiger partial charge >= 0.3 is 0 Å². The number of aryl methyl sites for hydroxylation is 1. The van der Waals surface area contributed by atoms with E-state index in [0.29, 0.717) is 11.4 Å². The van der Waals surface area contributed by atoms with E-state index in [9.17, 15) is 0 Å². The van der Waals surface area contributed by atoms with Gasteiger partial charge in [0.1, 0.15) is 5.82 Å². The molecule has 1 N–H and O–H groups in total. The van der Waals surface area contributed by atoms with Crippen molar-refractivity contribution in [1.29, 1.82) is 0 Å². The van der Waals surface area contributed by atoms with Gasteiger partial charge in [0, 0.05) is 18.7 Å². The molecule has 1 aromatic rings. The Bertz CT molecular complexity index is 423. The number of ether oxygens (including phenoxy) is 1. The largest absolute Gasteiger partial charge is 0.379 e. The second-order valence-corrected chi connectivity index (χ2v) is 5.51. The number of hydrogen-bond acceptors (Lipinski definition) is 4. The lowest BCUT2D eigenvalue weighted by molar-refractivity contribution is 0.0787. The molecule has 2 rings (SSSR count). The van der Waals surface area contributed by atoms with Crippen LogP contribution in [0.1, 0.15) is 44.4 Å². The molecule has 0 amide bonds. The fourth-order valence-corrected chi connectivity index (χ4v) is 2.49. The summed E-state index contributed by atoms with van der Waals surface area (Å²) in [6.45, 7) is 5.72. The predicted molar refractivity (Wildman–Crippen MR) is 77.9 cm³/mol. The van der Waals surface area contributed by atoms with E-state index >= 15 is 0 Å². The van der Waals surface area contributed by atoms with Crippen molar-refractivity contribution >= 4 is 17.4 Å². The van der Waals surface area contributed by atoms with Gasteiger partial charge in [-0.25, -0.2) is 9.97 Å². The third-order valence-corrected chi connectivity index (χ3v) is 3.39. The van der Waals surface area contributed by atoms with Crippen LogP contribution in [0.4, 0.5) is 5.82 Å². The molecule has 1 heterocycles. The van der Waals surface area contributed by atoms with Crippen LogP contribution in [0.15, 0.2) is 0 Å². The molecule has 0 atom stereocenters. The van der Waals surface area contributed by atoms with Gasteiger partial charge in [0.05, 0.1) is 11.8 Å². The minimum absolute atomic E-state index is 0.293. The molecule has 1 aliphatic carbocycles. The average molecular weight is 284 g/mol. The van der Waals surface area contributed by atoms with Gasteiger partial charge in [-0.2, -0.15) is 0 Å². The van der Waals surface area contributed by atoms with E-state index < -0.39 is 0 Å². The van der Waals surface area contributed by atoms with Crippen LogP contribution in [0.5, 0.6) is 0 Å². The number of halogens is 1. The number of hydrogen-bond donors (Lipinski definition) is 1. The van der Waals surface area contributed by atoms with E-state index in [1.807, 2.05) is 13.8 Å². The third-order valence-electron chi connectivity index (χ3n) is 3.22. The lowest BCUT2D eigenvalue weighted by atomic mass is 9.96. The Hall–Kier alpha value is -0.870. The molecule has 0 radical (unpaired) electrons. The topological polar surface area (TPSA) is 47.0 Å². The Kier molecular flexibility index (Phi) is 5.40. The molecule has 0 bridgehead atoms. The van der Waals surface area contributed by atoms with Gasteiger partial charge in [-0.15, -0.1) is 0 Å². The molecule has 1 aromatic heterocycles. The van der Waals surface area contributed by atoms with Crippen molar-refractivity contribution in [3.05, 3.63) is 16.5 Å². The Morgan fingerprint density at radius 3 is 2.84 bits per heavy atom. The predicted octanol–water partition coefficient (Wildman–Crippen LogP) is 3.24. The summed E-state index contributed by atoms with van der Waals surface area (Å²) >= 11 is 5.98. The van der Waals surface area contributed by atoms with Gasteiger partial charge in [-0.1, -0.05) is 0 Å². The first-order chi connectivity index (χ1) is 9.16. The normalized spacial score (nSPS) is 14.5. The summed E-state index contributed by atoms with van der Waals surface area (Å²) in [5, 5.41) is 3.72. The molecule has 106 valence electrons. The maximum absolute atomic E-state index is 5.98. The van der Waals surface area contributed by atoms with Crippen LogP contribution in [-0.4, -0.2) is 29.2 Å². The number of nitrogens with one attached hydrogen (secondary N) is 1. The van der Waals surface area contributed by atoms with Gasteiger partial charge in [0.25, 0.3) is 0 Å². The Morgan fingerprint density at radius 1 is 1.26 bits per heavy atom. The molecule has 0 aliphatic heterocycles. The number of aromatic nitrogens is 2. The Balaban J connectivity index is 1.90. The van der Waals surface area contributed by atoms with E-state index in [1.165, 1.54) is 18.4 Å². The summed E-state index contributed by atoms with van der Waals surface area (Å²) in [7, 11) is 0. The van der Waals surface area contributed by atoms with Crippen molar-refractivity contribution in [2.24, 2.45) is 0 Å². The highest BCUT2D eigenvalue weighted by atomic mass is 35.5. The second-order valence-electron chi connectivity index (χ2n) is 5.17. The lowest BCUT2D eigenvalue weighted by Crippen LogP contribution is -2.15. The highest BCUT2D eigenvalue weighted by molar-refractivity contribution is 6.28. The van der Waals surface area contributed by atoms with Crippen molar-refractivity contribution < 1.29 is 4.74 Å². The SMILES string of the molecule is CC(C)OCCCNc1nc(Cl)nc2c1CCCC2. The molecular weight excluding hydrogens is 262 g/mol. The van der Waals surface area contributed by atoms with Crippen LogP contribution in [0.3, 0.4) is 0 Å². The molecule has 5 heteroatoms. The molecule has 0 saturated carbocycles. The molecule has 4 nitrogen and oxygen atoms in total. The molecule has 0 saturated heterocycles. The summed E-state index contributed by atoms with van der Waals surface area (Å²) in [5.41, 5.74) is 2.37. The van der Waals surface area contributed by atoms with Gasteiger partial charge in [-0.3, -0.25) is 0 Å². The maximum Gasteiger partial charge on any atom is 0.224 e. The standard InChI is InChI=1S/C14H22ClN3O/c1-10(2)19-9-5-8-16-13-11-6-3-4-7-12(11)17-14(15)18-13/h10H,3-9H2,1-2H3,(H,16,17,18). The van der Waals surface area contributed by atoms with Gasteiger partial charge < -0.3 is 10.1 Å². The fourth-order valence-electron chi connectivity index (χ4n) is 2.31. The zero-order valence-corrected chi connectivity index (χ0v) is 12.5. The molecule has 1 aliphatic rings. The fraction of sp³-hybridized carbons (Fsp3) is 0.714. The van der Waals surface area contributed by atoms with Crippen molar-refractivity contribution in [3.63, 3.8) is 0 Å². The van der Waals surface area contributed by atoms with E-state index in [4.69, 9.17) is 16.3 Å². The molecular formula is C14H22ClN3O. The van der Waals surface area contributed by atoms with Crippen LogP contribution in [0.2, 0.25) is 5.28 Å². The van der Waals surface area contributed by atoms with Crippen LogP contribution >= 0.6 is 11.6 Å². The molecule has 19 heavy (non-hydrogen) atoms. The number of anilines is 1. The van der Waals surface area contributed by atoms with Gasteiger partial charge in [-0.05, 0) is 57.6 Å². The number of rotatable bonds is 6. The van der Waals surface area contributed by atoms with Gasteiger partial charge in [0.2, 0.25) is 5.28 Å². The quantitative estimate of drug-likeness (QED) is 0.643. The minimum Gasteiger partial charge on any atom is -0.379 e. The summed E-state index contributed by atoms with van der Waals surface area (Å²) in [5.74, 6) is 0.916. The first-order valence-corrected chi connectivity index (χ1v) is 7.45. The average Bonchev–Trinajstić information content (AvgIpc) is 2.37. The highest BCUT2D eigenvalue weighted by Crippen LogP contribution is 2.26. The zero-order chi connectivity index (χ0) is 13.7. The molecule has 0 fully saturated rings. The van der Waals surface area contributed by atoms with Crippen LogP contribution in [-0.2, 0) is 17.6 Å². The van der Waals surface area contributed by atoms with E-state index in [2.05, 4.69) is 15.3 Å². The van der Waals surface area contributed by atoms with Crippen LogP contribution in [0, 0.1) is 0 Å². The van der Waals surface area contributed by atoms with Crippen molar-refractivity contribution in [1.82, 2.24) is 9.97 Å². The summed E-state index contributed by atoms with van der Waals surface area (Å²) in [6.07, 6.45) is 5.74. The summed E-state index contributed by atoms with van der Waals surface area (Å²) in [4.78, 5) is 8.65. The first-order valence-electron chi connectivity index (χ1n) is 7.07. The minimum atomic E-state index is 0.293. The smallest absolute Gasteiger partial charge is 0.224 e. The number of fused-ring (bicyclic) bond motifs is 1. The summed E-state index contributed by atoms with van der Waals surface area (Å²) < 4.78 is 5.52. The van der Waals surface area contributed by atoms with E-state index in [1.54, 1.807) is 0 Å².